The summed E-state index contributed by atoms with van der Waals surface area (Å²) in [4.78, 5) is 0. The minimum atomic E-state index is -0.778. The minimum absolute atomic E-state index is 0.319. The van der Waals surface area contributed by atoms with Crippen LogP contribution < -0.4 is 0 Å². The lowest BCUT2D eigenvalue weighted by atomic mass is 9.89. The summed E-state index contributed by atoms with van der Waals surface area (Å²) in [5.74, 6) is -1.23. The first-order valence-electron chi connectivity index (χ1n) is 5.98. The van der Waals surface area contributed by atoms with Crippen molar-refractivity contribution in [3.8, 4) is 0 Å². The zero-order chi connectivity index (χ0) is 13.2. The fourth-order valence-electron chi connectivity index (χ4n) is 2.08. The number of hydrogen-bond donors (Lipinski definition) is 0. The molecule has 1 aromatic rings. The molecule has 1 aliphatic rings. The van der Waals surface area contributed by atoms with E-state index in [1.54, 1.807) is 0 Å². The molecule has 0 saturated heterocycles. The molecule has 0 radical (unpaired) electrons. The first-order chi connectivity index (χ1) is 8.60. The van der Waals surface area contributed by atoms with Crippen molar-refractivity contribution in [1.29, 1.82) is 0 Å². The zero-order valence-electron chi connectivity index (χ0n) is 10.2. The van der Waals surface area contributed by atoms with Crippen LogP contribution >= 0.6 is 0 Å². The SMILES string of the molecule is CCC1(CF)CCC(c2ccc(F)cc2F)=CO1. The van der Waals surface area contributed by atoms with E-state index in [1.807, 2.05) is 6.92 Å². The molecule has 1 atom stereocenters. The predicted octanol–water partition coefficient (Wildman–Crippen LogP) is 4.23. The Morgan fingerprint density at radius 1 is 1.33 bits per heavy atom. The molecular weight excluding hydrogens is 241 g/mol. The molecule has 0 saturated carbocycles. The van der Waals surface area contributed by atoms with Gasteiger partial charge in [-0.1, -0.05) is 6.92 Å². The highest BCUT2D eigenvalue weighted by Crippen LogP contribution is 2.35. The highest BCUT2D eigenvalue weighted by molar-refractivity contribution is 5.65. The van der Waals surface area contributed by atoms with Gasteiger partial charge in [0.2, 0.25) is 0 Å². The van der Waals surface area contributed by atoms with Gasteiger partial charge in [-0.05, 0) is 37.0 Å². The van der Waals surface area contributed by atoms with Crippen molar-refractivity contribution < 1.29 is 17.9 Å². The Labute approximate surface area is 104 Å². The van der Waals surface area contributed by atoms with Crippen LogP contribution in [-0.2, 0) is 4.74 Å². The maximum Gasteiger partial charge on any atom is 0.136 e. The van der Waals surface area contributed by atoms with Crippen LogP contribution in [0.25, 0.3) is 5.57 Å². The second kappa shape index (κ2) is 5.04. The molecule has 98 valence electrons. The van der Waals surface area contributed by atoms with Crippen molar-refractivity contribution in [3.05, 3.63) is 41.7 Å². The first kappa shape index (κ1) is 13.0. The molecule has 0 spiro atoms. The Morgan fingerprint density at radius 2 is 2.11 bits per heavy atom. The Balaban J connectivity index is 2.24. The van der Waals surface area contributed by atoms with E-state index in [4.69, 9.17) is 4.74 Å². The molecule has 1 heterocycles. The fourth-order valence-corrected chi connectivity index (χ4v) is 2.08. The third-order valence-electron chi connectivity index (χ3n) is 3.47. The monoisotopic (exact) mass is 256 g/mol. The summed E-state index contributed by atoms with van der Waals surface area (Å²) in [6.45, 7) is 1.30. The molecule has 1 unspecified atom stereocenters. The Morgan fingerprint density at radius 3 is 2.61 bits per heavy atom. The quantitative estimate of drug-likeness (QED) is 0.786. The summed E-state index contributed by atoms with van der Waals surface area (Å²) in [7, 11) is 0. The van der Waals surface area contributed by atoms with Crippen molar-refractivity contribution in [3.63, 3.8) is 0 Å². The molecule has 0 bridgehead atoms. The average molecular weight is 256 g/mol. The number of ether oxygens (including phenoxy) is 1. The Kier molecular flexibility index (Phi) is 3.64. The Hall–Kier alpha value is -1.45. The van der Waals surface area contributed by atoms with E-state index in [0.29, 0.717) is 30.4 Å². The van der Waals surface area contributed by atoms with Gasteiger partial charge in [-0.15, -0.1) is 0 Å². The lowest BCUT2D eigenvalue weighted by Crippen LogP contribution is -2.34. The van der Waals surface area contributed by atoms with Crippen molar-refractivity contribution in [2.45, 2.75) is 31.8 Å². The van der Waals surface area contributed by atoms with Gasteiger partial charge < -0.3 is 4.74 Å². The summed E-state index contributed by atoms with van der Waals surface area (Å²) in [6.07, 6.45) is 3.01. The zero-order valence-corrected chi connectivity index (χ0v) is 10.2. The summed E-state index contributed by atoms with van der Waals surface area (Å²) in [5, 5.41) is 0. The molecule has 1 aliphatic heterocycles. The largest absolute Gasteiger partial charge is 0.492 e. The van der Waals surface area contributed by atoms with Gasteiger partial charge in [-0.25, -0.2) is 13.2 Å². The minimum Gasteiger partial charge on any atom is -0.492 e. The van der Waals surface area contributed by atoms with Crippen LogP contribution in [0.15, 0.2) is 24.5 Å². The van der Waals surface area contributed by atoms with Crippen LogP contribution in [0.5, 0.6) is 0 Å². The van der Waals surface area contributed by atoms with Gasteiger partial charge in [0.1, 0.15) is 23.9 Å². The first-order valence-corrected chi connectivity index (χ1v) is 5.98. The molecule has 4 heteroatoms. The number of rotatable bonds is 3. The summed E-state index contributed by atoms with van der Waals surface area (Å²) in [6, 6.07) is 3.43. The number of alkyl halides is 1. The van der Waals surface area contributed by atoms with E-state index in [2.05, 4.69) is 0 Å². The Bertz CT molecular complexity index is 464. The molecule has 18 heavy (non-hydrogen) atoms. The second-order valence-corrected chi connectivity index (χ2v) is 4.56. The molecule has 0 fully saturated rings. The maximum absolute atomic E-state index is 13.6. The van der Waals surface area contributed by atoms with Gasteiger partial charge in [0.15, 0.2) is 0 Å². The standard InChI is InChI=1S/C14H15F3O/c1-2-14(9-15)6-5-10(8-18-14)12-4-3-11(16)7-13(12)17/h3-4,7-8H,2,5-6,9H2,1H3. The number of allylic oxidation sites excluding steroid dienone is 1. The number of benzene rings is 1. The van der Waals surface area contributed by atoms with Crippen molar-refractivity contribution in [1.82, 2.24) is 0 Å². The van der Waals surface area contributed by atoms with E-state index in [1.165, 1.54) is 18.4 Å². The molecule has 0 amide bonds. The highest BCUT2D eigenvalue weighted by atomic mass is 19.1. The van der Waals surface area contributed by atoms with Gasteiger partial charge in [-0.2, -0.15) is 0 Å². The van der Waals surface area contributed by atoms with E-state index < -0.39 is 23.9 Å². The topological polar surface area (TPSA) is 9.23 Å². The lowest BCUT2D eigenvalue weighted by molar-refractivity contribution is -0.0167. The van der Waals surface area contributed by atoms with E-state index in [9.17, 15) is 13.2 Å². The molecular formula is C14H15F3O. The van der Waals surface area contributed by atoms with E-state index >= 15 is 0 Å². The normalized spacial score (nSPS) is 23.4. The van der Waals surface area contributed by atoms with Crippen LogP contribution in [0.3, 0.4) is 0 Å². The van der Waals surface area contributed by atoms with E-state index in [0.717, 1.165) is 6.07 Å². The summed E-state index contributed by atoms with van der Waals surface area (Å²) in [5.41, 5.74) is 0.185. The van der Waals surface area contributed by atoms with E-state index in [-0.39, 0.29) is 0 Å². The molecule has 0 aliphatic carbocycles. The predicted molar refractivity (Wildman–Crippen MR) is 63.7 cm³/mol. The van der Waals surface area contributed by atoms with Crippen LogP contribution in [0, 0.1) is 11.6 Å². The van der Waals surface area contributed by atoms with Crippen molar-refractivity contribution >= 4 is 5.57 Å². The third kappa shape index (κ3) is 2.37. The fraction of sp³-hybridized carbons (Fsp3) is 0.429. The number of halogens is 3. The molecule has 1 aromatic carbocycles. The highest BCUT2D eigenvalue weighted by Gasteiger charge is 2.33. The van der Waals surface area contributed by atoms with Gasteiger partial charge >= 0.3 is 0 Å². The average Bonchev–Trinajstić information content (AvgIpc) is 2.39. The molecule has 2 rings (SSSR count). The van der Waals surface area contributed by atoms with Crippen molar-refractivity contribution in [2.24, 2.45) is 0 Å². The number of hydrogen-bond acceptors (Lipinski definition) is 1. The smallest absolute Gasteiger partial charge is 0.136 e. The maximum atomic E-state index is 13.6. The van der Waals surface area contributed by atoms with Gasteiger partial charge in [0.05, 0.1) is 6.26 Å². The summed E-state index contributed by atoms with van der Waals surface area (Å²) >= 11 is 0. The molecule has 0 aromatic heterocycles. The van der Waals surface area contributed by atoms with Gasteiger partial charge in [0, 0.05) is 11.6 Å². The third-order valence-corrected chi connectivity index (χ3v) is 3.47. The van der Waals surface area contributed by atoms with Crippen molar-refractivity contribution in [2.75, 3.05) is 6.67 Å². The molecule has 1 nitrogen and oxygen atoms in total. The lowest BCUT2D eigenvalue weighted by Gasteiger charge is -2.33. The summed E-state index contributed by atoms with van der Waals surface area (Å²) < 4.78 is 44.7. The van der Waals surface area contributed by atoms with Gasteiger partial charge in [0.25, 0.3) is 0 Å². The van der Waals surface area contributed by atoms with Crippen LogP contribution in [-0.4, -0.2) is 12.3 Å². The molecule has 0 N–H and O–H groups in total. The van der Waals surface area contributed by atoms with Crippen LogP contribution in [0.4, 0.5) is 13.2 Å². The second-order valence-electron chi connectivity index (χ2n) is 4.56. The van der Waals surface area contributed by atoms with Crippen LogP contribution in [0.2, 0.25) is 0 Å². The van der Waals surface area contributed by atoms with Crippen LogP contribution in [0.1, 0.15) is 31.7 Å². The van der Waals surface area contributed by atoms with Gasteiger partial charge in [-0.3, -0.25) is 0 Å².